The van der Waals surface area contributed by atoms with Gasteiger partial charge in [-0.05, 0) is 19.1 Å². The molecule has 8 nitrogen and oxygen atoms in total. The summed E-state index contributed by atoms with van der Waals surface area (Å²) in [5.74, 6) is 0.656. The van der Waals surface area contributed by atoms with Crippen LogP contribution >= 0.6 is 0 Å². The number of nitrogens with zero attached hydrogens (tertiary/aromatic N) is 2. The molecule has 2 heterocycles. The molecule has 0 radical (unpaired) electrons. The van der Waals surface area contributed by atoms with Crippen LogP contribution in [0.25, 0.3) is 22.0 Å². The first-order valence-electron chi connectivity index (χ1n) is 8.43. The SMILES string of the molecule is COc1c(O)c(/C=N/c2nc3ccccc3[nH]2)c(OC)c2c(=O)cc(C)oc12. The molecule has 0 unspecified atom stereocenters. The van der Waals surface area contributed by atoms with Gasteiger partial charge in [-0.2, -0.15) is 0 Å². The van der Waals surface area contributed by atoms with Gasteiger partial charge in [-0.1, -0.05) is 12.1 Å². The molecule has 8 heteroatoms. The number of H-pyrrole nitrogens is 1. The molecule has 0 bridgehead atoms. The maximum Gasteiger partial charge on any atom is 0.227 e. The van der Waals surface area contributed by atoms with E-state index in [2.05, 4.69) is 15.0 Å². The number of aromatic nitrogens is 2. The number of imidazole rings is 1. The first-order chi connectivity index (χ1) is 13.5. The van der Waals surface area contributed by atoms with E-state index in [0.29, 0.717) is 11.7 Å². The fourth-order valence-corrected chi connectivity index (χ4v) is 3.10. The Hall–Kier alpha value is -3.81. The van der Waals surface area contributed by atoms with E-state index < -0.39 is 0 Å². The van der Waals surface area contributed by atoms with Gasteiger partial charge < -0.3 is 24.0 Å². The molecular formula is C20H17N3O5. The van der Waals surface area contributed by atoms with Crippen LogP contribution in [-0.2, 0) is 0 Å². The Balaban J connectivity index is 1.95. The number of para-hydroxylation sites is 2. The zero-order valence-corrected chi connectivity index (χ0v) is 15.4. The van der Waals surface area contributed by atoms with Crippen LogP contribution in [0.15, 0.2) is 44.5 Å². The number of phenols is 1. The Bertz CT molecular complexity index is 1250. The van der Waals surface area contributed by atoms with Crippen molar-refractivity contribution in [2.75, 3.05) is 14.2 Å². The van der Waals surface area contributed by atoms with Gasteiger partial charge in [0, 0.05) is 12.3 Å². The summed E-state index contributed by atoms with van der Waals surface area (Å²) in [5, 5.41) is 10.9. The van der Waals surface area contributed by atoms with Crippen LogP contribution in [0.1, 0.15) is 11.3 Å². The minimum atomic E-state index is -0.313. The third-order valence-corrected chi connectivity index (χ3v) is 4.32. The van der Waals surface area contributed by atoms with E-state index in [0.717, 1.165) is 11.0 Å². The van der Waals surface area contributed by atoms with E-state index in [1.165, 1.54) is 26.5 Å². The monoisotopic (exact) mass is 379 g/mol. The molecule has 0 saturated carbocycles. The summed E-state index contributed by atoms with van der Waals surface area (Å²) in [6.07, 6.45) is 1.37. The second-order valence-electron chi connectivity index (χ2n) is 6.09. The third kappa shape index (κ3) is 2.75. The Morgan fingerprint density at radius 2 is 1.96 bits per heavy atom. The van der Waals surface area contributed by atoms with Crippen LogP contribution in [-0.4, -0.2) is 35.5 Å². The number of ether oxygens (including phenoxy) is 2. The van der Waals surface area contributed by atoms with Crippen molar-refractivity contribution in [1.82, 2.24) is 9.97 Å². The van der Waals surface area contributed by atoms with Crippen molar-refractivity contribution in [2.24, 2.45) is 4.99 Å². The quantitative estimate of drug-likeness (QED) is 0.526. The molecule has 4 aromatic rings. The molecule has 142 valence electrons. The Kier molecular flexibility index (Phi) is 4.23. The molecule has 2 N–H and O–H groups in total. The number of hydrogen-bond acceptors (Lipinski definition) is 7. The van der Waals surface area contributed by atoms with Gasteiger partial charge >= 0.3 is 0 Å². The van der Waals surface area contributed by atoms with E-state index in [1.54, 1.807) is 6.92 Å². The van der Waals surface area contributed by atoms with Crippen LogP contribution in [0.5, 0.6) is 17.2 Å². The third-order valence-electron chi connectivity index (χ3n) is 4.32. The lowest BCUT2D eigenvalue weighted by molar-refractivity contribution is 0.362. The van der Waals surface area contributed by atoms with Gasteiger partial charge in [0.1, 0.15) is 16.9 Å². The fourth-order valence-electron chi connectivity index (χ4n) is 3.10. The van der Waals surface area contributed by atoms with Crippen LogP contribution in [0.3, 0.4) is 0 Å². The number of benzene rings is 2. The normalized spacial score (nSPS) is 11.5. The van der Waals surface area contributed by atoms with Crippen LogP contribution in [0.4, 0.5) is 5.95 Å². The number of aromatic hydroxyl groups is 1. The number of methoxy groups -OCH3 is 2. The maximum absolute atomic E-state index is 12.6. The highest BCUT2D eigenvalue weighted by atomic mass is 16.5. The second kappa shape index (κ2) is 6.73. The molecule has 0 atom stereocenters. The van der Waals surface area contributed by atoms with Crippen molar-refractivity contribution in [3.05, 3.63) is 51.9 Å². The smallest absolute Gasteiger partial charge is 0.227 e. The molecule has 0 aliphatic carbocycles. The molecule has 0 aliphatic rings. The molecule has 2 aromatic carbocycles. The average Bonchev–Trinajstić information content (AvgIpc) is 3.09. The zero-order chi connectivity index (χ0) is 19.8. The van der Waals surface area contributed by atoms with Crippen molar-refractivity contribution < 1.29 is 19.0 Å². The summed E-state index contributed by atoms with van der Waals surface area (Å²) in [5.41, 5.74) is 1.58. The largest absolute Gasteiger partial charge is 0.504 e. The first-order valence-corrected chi connectivity index (χ1v) is 8.43. The van der Waals surface area contributed by atoms with Gasteiger partial charge in [-0.15, -0.1) is 0 Å². The number of nitrogens with one attached hydrogen (secondary N) is 1. The zero-order valence-electron chi connectivity index (χ0n) is 15.4. The predicted octanol–water partition coefficient (Wildman–Crippen LogP) is 3.45. The van der Waals surface area contributed by atoms with E-state index in [4.69, 9.17) is 13.9 Å². The Morgan fingerprint density at radius 3 is 2.68 bits per heavy atom. The lowest BCUT2D eigenvalue weighted by atomic mass is 10.1. The molecule has 28 heavy (non-hydrogen) atoms. The van der Waals surface area contributed by atoms with Gasteiger partial charge in [-0.3, -0.25) is 4.79 Å². The summed E-state index contributed by atoms with van der Waals surface area (Å²) < 4.78 is 16.3. The summed E-state index contributed by atoms with van der Waals surface area (Å²) in [6.45, 7) is 1.64. The van der Waals surface area contributed by atoms with E-state index >= 15 is 0 Å². The predicted molar refractivity (Wildman–Crippen MR) is 105 cm³/mol. The molecule has 0 aliphatic heterocycles. The first kappa shape index (κ1) is 17.6. The number of aromatic amines is 1. The molecular weight excluding hydrogens is 362 g/mol. The topological polar surface area (TPSA) is 110 Å². The average molecular weight is 379 g/mol. The summed E-state index contributed by atoms with van der Waals surface area (Å²) >= 11 is 0. The summed E-state index contributed by atoms with van der Waals surface area (Å²) in [6, 6.07) is 8.85. The van der Waals surface area contributed by atoms with Crippen molar-refractivity contribution in [1.29, 1.82) is 0 Å². The van der Waals surface area contributed by atoms with Gasteiger partial charge in [0.25, 0.3) is 0 Å². The highest BCUT2D eigenvalue weighted by Gasteiger charge is 2.24. The molecule has 0 amide bonds. The van der Waals surface area contributed by atoms with Crippen molar-refractivity contribution in [3.8, 4) is 17.2 Å². The maximum atomic E-state index is 12.6. The molecule has 0 saturated heterocycles. The molecule has 4 rings (SSSR count). The number of aryl methyl sites for hydroxylation is 1. The highest BCUT2D eigenvalue weighted by molar-refractivity contribution is 6.02. The van der Waals surface area contributed by atoms with Crippen molar-refractivity contribution >= 4 is 34.2 Å². The lowest BCUT2D eigenvalue weighted by Crippen LogP contribution is -2.06. The minimum Gasteiger partial charge on any atom is -0.504 e. The van der Waals surface area contributed by atoms with E-state index in [-0.39, 0.29) is 39.2 Å². The standard InChI is InChI=1S/C20H17N3O5/c1-10-8-14(24)15-17(26-2)11(16(25)19(27-3)18(15)28-10)9-21-20-22-12-6-4-5-7-13(12)23-20/h4-9,25H,1-3H3,(H,22,23)/b21-9+. The number of phenolic OH excluding ortho intramolecular Hbond substituents is 1. The number of aliphatic imine (C=N–C) groups is 1. The van der Waals surface area contributed by atoms with Crippen LogP contribution in [0, 0.1) is 6.92 Å². The Labute approximate surface area is 159 Å². The second-order valence-corrected chi connectivity index (χ2v) is 6.09. The number of hydrogen-bond donors (Lipinski definition) is 2. The van der Waals surface area contributed by atoms with Gasteiger partial charge in [-0.25, -0.2) is 9.98 Å². The summed E-state index contributed by atoms with van der Waals surface area (Å²) in [7, 11) is 2.78. The number of rotatable bonds is 4. The minimum absolute atomic E-state index is 0.0302. The van der Waals surface area contributed by atoms with Crippen molar-refractivity contribution in [3.63, 3.8) is 0 Å². The Morgan fingerprint density at radius 1 is 1.21 bits per heavy atom. The molecule has 0 fully saturated rings. The molecule has 2 aromatic heterocycles. The van der Waals surface area contributed by atoms with Crippen molar-refractivity contribution in [2.45, 2.75) is 6.92 Å². The summed E-state index contributed by atoms with van der Waals surface area (Å²) in [4.78, 5) is 24.3. The van der Waals surface area contributed by atoms with E-state index in [9.17, 15) is 9.90 Å². The lowest BCUT2D eigenvalue weighted by Gasteiger charge is -2.14. The van der Waals surface area contributed by atoms with Crippen LogP contribution < -0.4 is 14.9 Å². The fraction of sp³-hybridized carbons (Fsp3) is 0.150. The van der Waals surface area contributed by atoms with E-state index in [1.807, 2.05) is 24.3 Å². The number of fused-ring (bicyclic) bond motifs is 2. The van der Waals surface area contributed by atoms with Crippen LogP contribution in [0.2, 0.25) is 0 Å². The van der Waals surface area contributed by atoms with Gasteiger partial charge in [0.15, 0.2) is 16.8 Å². The highest BCUT2D eigenvalue weighted by Crippen LogP contribution is 2.43. The van der Waals surface area contributed by atoms with Gasteiger partial charge in [0.05, 0.1) is 30.8 Å². The van der Waals surface area contributed by atoms with Gasteiger partial charge in [0.2, 0.25) is 11.7 Å². The molecule has 0 spiro atoms.